The van der Waals surface area contributed by atoms with Crippen molar-refractivity contribution < 1.29 is 14.6 Å². The number of esters is 1. The first-order chi connectivity index (χ1) is 8.83. The van der Waals surface area contributed by atoms with E-state index in [9.17, 15) is 9.90 Å². The van der Waals surface area contributed by atoms with Crippen molar-refractivity contribution in [1.82, 2.24) is 0 Å². The fourth-order valence-electron chi connectivity index (χ4n) is 3.10. The maximum absolute atomic E-state index is 11.8. The van der Waals surface area contributed by atoms with Crippen LogP contribution in [0.25, 0.3) is 0 Å². The summed E-state index contributed by atoms with van der Waals surface area (Å²) in [5, 5.41) is 10.6. The smallest absolute Gasteiger partial charge is 0.334 e. The molecule has 0 aromatic rings. The largest absolute Gasteiger partial charge is 0.458 e. The fourth-order valence-corrected chi connectivity index (χ4v) is 3.10. The van der Waals surface area contributed by atoms with E-state index in [0.717, 1.165) is 19.3 Å². The van der Waals surface area contributed by atoms with Gasteiger partial charge in [0, 0.05) is 17.4 Å². The van der Waals surface area contributed by atoms with Gasteiger partial charge in [-0.1, -0.05) is 25.2 Å². The molecule has 3 nitrogen and oxygen atoms in total. The molecule has 0 aromatic carbocycles. The zero-order valence-electron chi connectivity index (χ0n) is 12.1. The molecule has 0 amide bonds. The van der Waals surface area contributed by atoms with Crippen LogP contribution in [0, 0.1) is 11.8 Å². The summed E-state index contributed by atoms with van der Waals surface area (Å²) in [5.41, 5.74) is 1.07. The van der Waals surface area contributed by atoms with Gasteiger partial charge in [0.25, 0.3) is 0 Å². The molecule has 1 aliphatic carbocycles. The highest BCUT2D eigenvalue weighted by molar-refractivity contribution is 5.90. The standard InChI is InChI=1S/C16H24O3/c1-10-6-5-9-16(4,18)12(3)14-13(8-7-10)11(2)15(17)19-14/h6,12-14,18H,2,5,7-9H2,1,3-4H3. The van der Waals surface area contributed by atoms with Crippen LogP contribution in [0.5, 0.6) is 0 Å². The molecule has 1 N–H and O–H groups in total. The first-order valence-electron chi connectivity index (χ1n) is 7.10. The maximum Gasteiger partial charge on any atom is 0.334 e. The molecule has 0 aromatic heterocycles. The van der Waals surface area contributed by atoms with Gasteiger partial charge in [-0.05, 0) is 39.5 Å². The minimum absolute atomic E-state index is 0.0374. The van der Waals surface area contributed by atoms with Crippen LogP contribution in [0.15, 0.2) is 23.8 Å². The van der Waals surface area contributed by atoms with Crippen LogP contribution >= 0.6 is 0 Å². The molecule has 106 valence electrons. The second-order valence-electron chi connectivity index (χ2n) is 6.28. The van der Waals surface area contributed by atoms with Crippen LogP contribution in [0.1, 0.15) is 46.5 Å². The van der Waals surface area contributed by atoms with Crippen LogP contribution in [0.2, 0.25) is 0 Å². The quantitative estimate of drug-likeness (QED) is 0.415. The lowest BCUT2D eigenvalue weighted by molar-refractivity contribution is -0.146. The molecule has 1 saturated heterocycles. The van der Waals surface area contributed by atoms with Gasteiger partial charge in [0.15, 0.2) is 0 Å². The van der Waals surface area contributed by atoms with Gasteiger partial charge >= 0.3 is 5.97 Å². The predicted octanol–water partition coefficient (Wildman–Crippen LogP) is 2.99. The van der Waals surface area contributed by atoms with Crippen LogP contribution in [-0.4, -0.2) is 22.8 Å². The Morgan fingerprint density at radius 2 is 2.21 bits per heavy atom. The number of carbonyl (C=O) groups is 1. The van der Waals surface area contributed by atoms with Gasteiger partial charge in [0.1, 0.15) is 6.10 Å². The number of allylic oxidation sites excluding steroid dienone is 2. The van der Waals surface area contributed by atoms with E-state index >= 15 is 0 Å². The summed E-state index contributed by atoms with van der Waals surface area (Å²) in [6.45, 7) is 9.80. The Labute approximate surface area is 115 Å². The van der Waals surface area contributed by atoms with Crippen LogP contribution in [-0.2, 0) is 9.53 Å². The third kappa shape index (κ3) is 2.76. The van der Waals surface area contributed by atoms with E-state index in [0.29, 0.717) is 12.0 Å². The second-order valence-corrected chi connectivity index (χ2v) is 6.28. The summed E-state index contributed by atoms with van der Waals surface area (Å²) in [5.74, 6) is -0.332. The molecule has 0 saturated carbocycles. The molecule has 1 aliphatic heterocycles. The van der Waals surface area contributed by atoms with E-state index < -0.39 is 5.60 Å². The average Bonchev–Trinajstić information content (AvgIpc) is 2.61. The second kappa shape index (κ2) is 5.12. The summed E-state index contributed by atoms with van der Waals surface area (Å²) in [4.78, 5) is 11.8. The normalized spacial score (nSPS) is 40.4. The van der Waals surface area contributed by atoms with Crippen molar-refractivity contribution in [3.63, 3.8) is 0 Å². The van der Waals surface area contributed by atoms with Gasteiger partial charge in [-0.15, -0.1) is 0 Å². The molecule has 19 heavy (non-hydrogen) atoms. The van der Waals surface area contributed by atoms with Crippen molar-refractivity contribution in [2.45, 2.75) is 58.2 Å². The zero-order valence-corrected chi connectivity index (χ0v) is 12.1. The molecule has 0 spiro atoms. The van der Waals surface area contributed by atoms with Gasteiger partial charge in [-0.25, -0.2) is 4.79 Å². The van der Waals surface area contributed by atoms with E-state index in [-0.39, 0.29) is 23.9 Å². The highest BCUT2D eigenvalue weighted by Gasteiger charge is 2.46. The fraction of sp³-hybridized carbons (Fsp3) is 0.688. The summed E-state index contributed by atoms with van der Waals surface area (Å²) >= 11 is 0. The first kappa shape index (κ1) is 14.3. The third-order valence-electron chi connectivity index (χ3n) is 4.82. The maximum atomic E-state index is 11.8. The Bertz CT molecular complexity index is 420. The lowest BCUT2D eigenvalue weighted by Gasteiger charge is -2.36. The van der Waals surface area contributed by atoms with E-state index in [2.05, 4.69) is 19.6 Å². The molecule has 2 aliphatic rings. The van der Waals surface area contributed by atoms with Crippen molar-refractivity contribution in [3.8, 4) is 0 Å². The average molecular weight is 264 g/mol. The molecular formula is C16H24O3. The van der Waals surface area contributed by atoms with Crippen LogP contribution < -0.4 is 0 Å². The Morgan fingerprint density at radius 1 is 1.53 bits per heavy atom. The summed E-state index contributed by atoms with van der Waals surface area (Å²) in [6.07, 6.45) is 5.36. The van der Waals surface area contributed by atoms with E-state index in [1.807, 2.05) is 13.8 Å². The minimum Gasteiger partial charge on any atom is -0.458 e. The molecule has 1 heterocycles. The number of ether oxygens (including phenoxy) is 1. The topological polar surface area (TPSA) is 46.5 Å². The number of hydrogen-bond donors (Lipinski definition) is 1. The Kier molecular flexibility index (Phi) is 3.86. The van der Waals surface area contributed by atoms with E-state index in [1.165, 1.54) is 5.57 Å². The van der Waals surface area contributed by atoms with Gasteiger partial charge < -0.3 is 9.84 Å². The summed E-state index contributed by atoms with van der Waals surface area (Å²) in [6, 6.07) is 0. The van der Waals surface area contributed by atoms with Gasteiger partial charge in [-0.3, -0.25) is 0 Å². The molecule has 0 radical (unpaired) electrons. The highest BCUT2D eigenvalue weighted by Crippen LogP contribution is 2.40. The van der Waals surface area contributed by atoms with Crippen molar-refractivity contribution >= 4 is 5.97 Å². The van der Waals surface area contributed by atoms with Crippen LogP contribution in [0.3, 0.4) is 0 Å². The van der Waals surface area contributed by atoms with Gasteiger partial charge in [0.2, 0.25) is 0 Å². The number of rotatable bonds is 0. The predicted molar refractivity (Wildman–Crippen MR) is 74.5 cm³/mol. The molecule has 1 fully saturated rings. The third-order valence-corrected chi connectivity index (χ3v) is 4.82. The lowest BCUT2D eigenvalue weighted by Crippen LogP contribution is -2.42. The number of hydrogen-bond acceptors (Lipinski definition) is 3. The number of aliphatic hydroxyl groups is 1. The van der Waals surface area contributed by atoms with Gasteiger partial charge in [0.05, 0.1) is 5.60 Å². The highest BCUT2D eigenvalue weighted by atomic mass is 16.6. The number of fused-ring (bicyclic) bond motifs is 1. The lowest BCUT2D eigenvalue weighted by atomic mass is 9.75. The molecule has 4 unspecified atom stereocenters. The van der Waals surface area contributed by atoms with Gasteiger partial charge in [-0.2, -0.15) is 0 Å². The molecule has 4 atom stereocenters. The Morgan fingerprint density at radius 3 is 2.89 bits per heavy atom. The summed E-state index contributed by atoms with van der Waals surface area (Å²) < 4.78 is 5.47. The van der Waals surface area contributed by atoms with E-state index in [4.69, 9.17) is 4.74 Å². The van der Waals surface area contributed by atoms with Crippen molar-refractivity contribution in [2.75, 3.05) is 0 Å². The zero-order chi connectivity index (χ0) is 14.2. The van der Waals surface area contributed by atoms with Crippen molar-refractivity contribution in [2.24, 2.45) is 11.8 Å². The SMILES string of the molecule is C=C1C(=O)OC2C1CCC(C)=CCCC(C)(O)C2C. The van der Waals surface area contributed by atoms with Crippen molar-refractivity contribution in [3.05, 3.63) is 23.8 Å². The number of carbonyl (C=O) groups excluding carboxylic acids is 1. The minimum atomic E-state index is -0.818. The molecule has 3 heteroatoms. The van der Waals surface area contributed by atoms with E-state index in [1.54, 1.807) is 0 Å². The monoisotopic (exact) mass is 264 g/mol. The van der Waals surface area contributed by atoms with Crippen molar-refractivity contribution in [1.29, 1.82) is 0 Å². The molecular weight excluding hydrogens is 240 g/mol. The molecule has 0 bridgehead atoms. The molecule has 2 rings (SSSR count). The Balaban J connectivity index is 2.31. The van der Waals surface area contributed by atoms with Crippen LogP contribution in [0.4, 0.5) is 0 Å². The summed E-state index contributed by atoms with van der Waals surface area (Å²) in [7, 11) is 0. The Hall–Kier alpha value is -1.09. The first-order valence-corrected chi connectivity index (χ1v) is 7.10.